The second kappa shape index (κ2) is 27.8. The summed E-state index contributed by atoms with van der Waals surface area (Å²) >= 11 is 3.97. The van der Waals surface area contributed by atoms with Crippen LogP contribution >= 0.6 is 22.7 Å². The molecule has 56 heavy (non-hydrogen) atoms. The van der Waals surface area contributed by atoms with Crippen molar-refractivity contribution in [2.75, 3.05) is 0 Å². The van der Waals surface area contributed by atoms with E-state index in [0.29, 0.717) is 0 Å². The van der Waals surface area contributed by atoms with Crippen LogP contribution in [0.5, 0.6) is 0 Å². The number of rotatable bonds is 28. The first-order valence-electron chi connectivity index (χ1n) is 23.4. The van der Waals surface area contributed by atoms with Gasteiger partial charge < -0.3 is 0 Å². The SMILES string of the molecule is CCCCCCCCCCCCCCc1ccc(-c2ccc(-c3ccc(CCCCCCCCCCCCCC)s3)c(C#C[Si](C)(C)C)c2C#C[Si](C)(C)C)s1. The highest BCUT2D eigenvalue weighted by Gasteiger charge is 2.19. The Kier molecular flexibility index (Phi) is 24.1. The third-order valence-corrected chi connectivity index (χ3v) is 14.8. The zero-order valence-electron chi connectivity index (χ0n) is 37.7. The van der Waals surface area contributed by atoms with Gasteiger partial charge in [0.15, 0.2) is 0 Å². The largest absolute Gasteiger partial charge is 0.140 e. The van der Waals surface area contributed by atoms with Crippen LogP contribution in [0.4, 0.5) is 0 Å². The van der Waals surface area contributed by atoms with E-state index in [2.05, 4.69) is 112 Å². The van der Waals surface area contributed by atoms with Crippen LogP contribution < -0.4 is 0 Å². The monoisotopic (exact) mass is 827 g/mol. The number of benzene rings is 1. The van der Waals surface area contributed by atoms with Crippen molar-refractivity contribution in [3.05, 3.63) is 57.3 Å². The van der Waals surface area contributed by atoms with Crippen molar-refractivity contribution in [3.8, 4) is 43.8 Å². The van der Waals surface area contributed by atoms with E-state index in [4.69, 9.17) is 0 Å². The first-order valence-corrected chi connectivity index (χ1v) is 32.1. The average molecular weight is 828 g/mol. The highest BCUT2D eigenvalue weighted by molar-refractivity contribution is 7.16. The van der Waals surface area contributed by atoms with Crippen molar-refractivity contribution in [1.82, 2.24) is 0 Å². The van der Waals surface area contributed by atoms with Crippen molar-refractivity contribution in [1.29, 1.82) is 0 Å². The van der Waals surface area contributed by atoms with Crippen LogP contribution in [0.25, 0.3) is 20.9 Å². The molecular formula is C52H82S2Si2. The molecule has 0 saturated carbocycles. The fourth-order valence-corrected chi connectivity index (χ4v) is 10.5. The highest BCUT2D eigenvalue weighted by atomic mass is 32.1. The van der Waals surface area contributed by atoms with Gasteiger partial charge >= 0.3 is 0 Å². The predicted molar refractivity (Wildman–Crippen MR) is 263 cm³/mol. The Balaban J connectivity index is 1.66. The van der Waals surface area contributed by atoms with Crippen molar-refractivity contribution in [3.63, 3.8) is 0 Å². The Morgan fingerprint density at radius 2 is 0.661 bits per heavy atom. The fraction of sp³-hybridized carbons (Fsp3) is 0.654. The predicted octanol–water partition coefficient (Wildman–Crippen LogP) is 18.1. The van der Waals surface area contributed by atoms with Crippen LogP contribution in [0.2, 0.25) is 39.3 Å². The van der Waals surface area contributed by atoms with Crippen LogP contribution in [-0.2, 0) is 12.8 Å². The van der Waals surface area contributed by atoms with Gasteiger partial charge in [-0.1, -0.05) is 218 Å². The molecule has 0 bridgehead atoms. The van der Waals surface area contributed by atoms with Gasteiger partial charge in [0.2, 0.25) is 0 Å². The number of hydrogen-bond donors (Lipinski definition) is 0. The van der Waals surface area contributed by atoms with Crippen molar-refractivity contribution < 1.29 is 0 Å². The summed E-state index contributed by atoms with van der Waals surface area (Å²) in [5.74, 6) is 7.58. The molecule has 4 heteroatoms. The molecule has 2 heterocycles. The van der Waals surface area contributed by atoms with E-state index in [0.717, 1.165) is 11.1 Å². The lowest BCUT2D eigenvalue weighted by molar-refractivity contribution is 0.544. The summed E-state index contributed by atoms with van der Waals surface area (Å²) in [7, 11) is -3.22. The molecule has 3 rings (SSSR count). The number of hydrogen-bond acceptors (Lipinski definition) is 2. The van der Waals surface area contributed by atoms with Crippen molar-refractivity contribution in [2.45, 2.75) is 220 Å². The summed E-state index contributed by atoms with van der Waals surface area (Å²) in [4.78, 5) is 5.71. The molecule has 0 fully saturated rings. The normalized spacial score (nSPS) is 11.7. The molecule has 2 aromatic heterocycles. The van der Waals surface area contributed by atoms with Gasteiger partial charge in [-0.3, -0.25) is 0 Å². The maximum absolute atomic E-state index is 3.79. The smallest absolute Gasteiger partial charge is 0.129 e. The van der Waals surface area contributed by atoms with E-state index in [1.807, 2.05) is 22.7 Å². The van der Waals surface area contributed by atoms with Crippen LogP contribution in [-0.4, -0.2) is 16.1 Å². The molecule has 0 aliphatic heterocycles. The van der Waals surface area contributed by atoms with Crippen molar-refractivity contribution in [2.24, 2.45) is 0 Å². The summed E-state index contributed by atoms with van der Waals surface area (Å²) in [5.41, 5.74) is 12.4. The first-order chi connectivity index (χ1) is 27.0. The second-order valence-corrected chi connectivity index (χ2v) is 30.6. The van der Waals surface area contributed by atoms with Gasteiger partial charge in [0, 0.05) is 41.8 Å². The molecule has 0 nitrogen and oxygen atoms in total. The summed E-state index contributed by atoms with van der Waals surface area (Å²) in [6.45, 7) is 18.8. The minimum Gasteiger partial charge on any atom is -0.140 e. The Hall–Kier alpha value is -1.83. The maximum Gasteiger partial charge on any atom is 0.129 e. The number of thiophene rings is 2. The van der Waals surface area contributed by atoms with Gasteiger partial charge in [-0.15, -0.1) is 33.8 Å². The summed E-state index contributed by atoms with van der Waals surface area (Å²) in [6.07, 6.45) is 36.0. The van der Waals surface area contributed by atoms with Gasteiger partial charge in [0.05, 0.1) is 0 Å². The van der Waals surface area contributed by atoms with Gasteiger partial charge in [-0.2, -0.15) is 0 Å². The molecule has 0 unspecified atom stereocenters. The van der Waals surface area contributed by atoms with Crippen molar-refractivity contribution >= 4 is 38.8 Å². The lowest BCUT2D eigenvalue weighted by Crippen LogP contribution is -2.17. The van der Waals surface area contributed by atoms with Crippen LogP contribution in [0, 0.1) is 22.9 Å². The summed E-state index contributed by atoms with van der Waals surface area (Å²) in [5, 5.41) is 0. The summed E-state index contributed by atoms with van der Waals surface area (Å²) < 4.78 is 0. The molecule has 0 spiro atoms. The molecule has 0 aliphatic carbocycles. The van der Waals surface area contributed by atoms with Gasteiger partial charge in [0.1, 0.15) is 16.1 Å². The third kappa shape index (κ3) is 20.7. The van der Waals surface area contributed by atoms with E-state index in [9.17, 15) is 0 Å². The van der Waals surface area contributed by atoms with E-state index < -0.39 is 16.1 Å². The molecule has 0 amide bonds. The molecule has 310 valence electrons. The van der Waals surface area contributed by atoms with Crippen LogP contribution in [0.3, 0.4) is 0 Å². The van der Waals surface area contributed by atoms with E-state index in [-0.39, 0.29) is 0 Å². The quantitative estimate of drug-likeness (QED) is 0.0389. The molecule has 1 aromatic carbocycles. The standard InChI is InChI=1S/C52H82S2Si2/c1-9-11-13-15-17-19-21-23-25-27-29-31-33-45-35-39-51(53-45)49-37-38-50(48(42-44-56(6,7)8)47(49)41-43-55(3,4)5)52-40-36-46(54-52)34-32-30-28-26-24-22-20-18-16-14-12-10-2/h35-40H,9-34H2,1-8H3. The van der Waals surface area contributed by atoms with Crippen LogP contribution in [0.1, 0.15) is 189 Å². The minimum absolute atomic E-state index is 1.16. The van der Waals surface area contributed by atoms with Gasteiger partial charge in [-0.05, 0) is 49.9 Å². The average Bonchev–Trinajstić information content (AvgIpc) is 3.83. The number of unbranched alkanes of at least 4 members (excludes halogenated alkanes) is 22. The molecule has 0 aliphatic rings. The molecule has 3 aromatic rings. The zero-order chi connectivity index (χ0) is 40.5. The molecule has 0 saturated heterocycles. The van der Waals surface area contributed by atoms with Crippen LogP contribution in [0.15, 0.2) is 36.4 Å². The zero-order valence-corrected chi connectivity index (χ0v) is 41.3. The lowest BCUT2D eigenvalue weighted by Gasteiger charge is -2.13. The number of aryl methyl sites for hydroxylation is 2. The Bertz CT molecular complexity index is 1500. The Labute approximate surface area is 357 Å². The molecule has 0 radical (unpaired) electrons. The molecular weight excluding hydrogens is 745 g/mol. The van der Waals surface area contributed by atoms with E-state index in [1.54, 1.807) is 0 Å². The fourth-order valence-electron chi connectivity index (χ4n) is 7.37. The lowest BCUT2D eigenvalue weighted by atomic mass is 9.95. The Morgan fingerprint density at radius 3 is 0.946 bits per heavy atom. The second-order valence-electron chi connectivity index (χ2n) is 18.7. The molecule has 0 N–H and O–H groups in total. The molecule has 0 atom stereocenters. The maximum atomic E-state index is 3.79. The third-order valence-electron chi connectivity index (χ3n) is 10.7. The van der Waals surface area contributed by atoms with Gasteiger partial charge in [-0.25, -0.2) is 0 Å². The highest BCUT2D eigenvalue weighted by Crippen LogP contribution is 2.39. The summed E-state index contributed by atoms with van der Waals surface area (Å²) in [6, 6.07) is 14.2. The Morgan fingerprint density at radius 1 is 0.375 bits per heavy atom. The minimum atomic E-state index is -1.61. The first kappa shape index (κ1) is 48.5. The van der Waals surface area contributed by atoms with Gasteiger partial charge in [0.25, 0.3) is 0 Å². The van der Waals surface area contributed by atoms with E-state index in [1.165, 1.54) is 198 Å². The van der Waals surface area contributed by atoms with E-state index >= 15 is 0 Å². The topological polar surface area (TPSA) is 0 Å².